The Morgan fingerprint density at radius 2 is 1.33 bits per heavy atom. The van der Waals surface area contributed by atoms with Gasteiger partial charge < -0.3 is 10.1 Å². The number of carbonyl (C=O) groups excluding carboxylic acids is 2. The highest BCUT2D eigenvalue weighted by Crippen LogP contribution is 2.35. The number of ether oxygens (including phenoxy) is 1. The molecule has 33 heavy (non-hydrogen) atoms. The van der Waals surface area contributed by atoms with Crippen LogP contribution in [0, 0.1) is 5.41 Å². The molecule has 2 atom stereocenters. The number of hydrogen-bond acceptors (Lipinski definition) is 3. The Morgan fingerprint density at radius 1 is 0.818 bits per heavy atom. The molecule has 3 rings (SSSR count). The maximum Gasteiger partial charge on any atom is 0.338 e. The van der Waals surface area contributed by atoms with Crippen molar-refractivity contribution in [3.05, 3.63) is 106 Å². The molecule has 4 nitrogen and oxygen atoms in total. The molecular formula is C27H27Cl2NO3. The standard InChI is InChI=1S/C27H27Cl2NO3/c1-27(2,3)24(33-26(32)20-11-15-22(29)16-12-20)23(18-7-5-4-6-8-18)17-30-25(31)19-9-13-21(28)14-10-19/h4-16,23-24H,17H2,1-3H3,(H,30,31). The number of amides is 1. The van der Waals surface area contributed by atoms with Crippen LogP contribution in [0.5, 0.6) is 0 Å². The van der Waals surface area contributed by atoms with Crippen LogP contribution in [0.2, 0.25) is 10.0 Å². The third-order valence-corrected chi connectivity index (χ3v) is 5.85. The van der Waals surface area contributed by atoms with E-state index < -0.39 is 17.5 Å². The predicted octanol–water partition coefficient (Wildman–Crippen LogP) is 6.78. The second-order valence-corrected chi connectivity index (χ2v) is 9.81. The lowest BCUT2D eigenvalue weighted by Gasteiger charge is -2.37. The molecule has 3 aromatic rings. The zero-order valence-electron chi connectivity index (χ0n) is 18.8. The van der Waals surface area contributed by atoms with E-state index in [1.54, 1.807) is 48.5 Å². The second kappa shape index (κ2) is 10.9. The van der Waals surface area contributed by atoms with Crippen molar-refractivity contribution in [3.63, 3.8) is 0 Å². The van der Waals surface area contributed by atoms with Gasteiger partial charge in [0.05, 0.1) is 5.56 Å². The lowest BCUT2D eigenvalue weighted by atomic mass is 9.78. The molecule has 1 N–H and O–H groups in total. The smallest absolute Gasteiger partial charge is 0.338 e. The number of rotatable bonds is 7. The topological polar surface area (TPSA) is 55.4 Å². The Kier molecular flexibility index (Phi) is 8.17. The van der Waals surface area contributed by atoms with Gasteiger partial charge in [0.2, 0.25) is 0 Å². The van der Waals surface area contributed by atoms with E-state index >= 15 is 0 Å². The molecule has 0 fully saturated rings. The summed E-state index contributed by atoms with van der Waals surface area (Å²) < 4.78 is 6.06. The van der Waals surface area contributed by atoms with Gasteiger partial charge in [-0.25, -0.2) is 4.79 Å². The van der Waals surface area contributed by atoms with E-state index in [2.05, 4.69) is 5.32 Å². The molecule has 172 valence electrons. The first-order chi connectivity index (χ1) is 15.6. The van der Waals surface area contributed by atoms with Crippen LogP contribution in [-0.4, -0.2) is 24.5 Å². The summed E-state index contributed by atoms with van der Waals surface area (Å²) in [5.74, 6) is -0.917. The highest BCUT2D eigenvalue weighted by atomic mass is 35.5. The molecule has 0 radical (unpaired) electrons. The van der Waals surface area contributed by atoms with Gasteiger partial charge in [-0.2, -0.15) is 0 Å². The third-order valence-electron chi connectivity index (χ3n) is 5.35. The fourth-order valence-electron chi connectivity index (χ4n) is 3.64. The van der Waals surface area contributed by atoms with Crippen LogP contribution in [-0.2, 0) is 4.74 Å². The van der Waals surface area contributed by atoms with Gasteiger partial charge in [0, 0.05) is 28.1 Å². The molecular weight excluding hydrogens is 457 g/mol. The Morgan fingerprint density at radius 3 is 1.85 bits per heavy atom. The predicted molar refractivity (Wildman–Crippen MR) is 133 cm³/mol. The quantitative estimate of drug-likeness (QED) is 0.376. The van der Waals surface area contributed by atoms with Gasteiger partial charge in [0.15, 0.2) is 0 Å². The lowest BCUT2D eigenvalue weighted by Crippen LogP contribution is -2.42. The highest BCUT2D eigenvalue weighted by molar-refractivity contribution is 6.31. The number of esters is 1. The average molecular weight is 484 g/mol. The van der Waals surface area contributed by atoms with Crippen LogP contribution in [0.3, 0.4) is 0 Å². The number of carbonyl (C=O) groups is 2. The molecule has 1 amide bonds. The van der Waals surface area contributed by atoms with E-state index in [-0.39, 0.29) is 11.8 Å². The van der Waals surface area contributed by atoms with Gasteiger partial charge in [-0.3, -0.25) is 4.79 Å². The minimum Gasteiger partial charge on any atom is -0.457 e. The molecule has 0 spiro atoms. The van der Waals surface area contributed by atoms with Crippen molar-refractivity contribution in [3.8, 4) is 0 Å². The third kappa shape index (κ3) is 6.83. The summed E-state index contributed by atoms with van der Waals surface area (Å²) in [5.41, 5.74) is 1.51. The SMILES string of the molecule is CC(C)(C)C(OC(=O)c1ccc(Cl)cc1)C(CNC(=O)c1ccc(Cl)cc1)c1ccccc1. The van der Waals surface area contributed by atoms with Gasteiger partial charge in [-0.15, -0.1) is 0 Å². The van der Waals surface area contributed by atoms with Crippen molar-refractivity contribution in [2.75, 3.05) is 6.54 Å². The first kappa shape index (κ1) is 24.8. The van der Waals surface area contributed by atoms with E-state index in [9.17, 15) is 9.59 Å². The van der Waals surface area contributed by atoms with E-state index in [0.717, 1.165) is 5.56 Å². The highest BCUT2D eigenvalue weighted by Gasteiger charge is 2.37. The van der Waals surface area contributed by atoms with Gasteiger partial charge in [0.1, 0.15) is 6.10 Å². The van der Waals surface area contributed by atoms with Crippen molar-refractivity contribution >= 4 is 35.1 Å². The average Bonchev–Trinajstić information content (AvgIpc) is 2.79. The summed E-state index contributed by atoms with van der Waals surface area (Å²) >= 11 is 11.9. The number of halogens is 2. The largest absolute Gasteiger partial charge is 0.457 e. The molecule has 0 aromatic heterocycles. The molecule has 6 heteroatoms. The Bertz CT molecular complexity index is 1080. The van der Waals surface area contributed by atoms with Crippen molar-refractivity contribution in [1.29, 1.82) is 0 Å². The fourth-order valence-corrected chi connectivity index (χ4v) is 3.89. The van der Waals surface area contributed by atoms with Gasteiger partial charge in [-0.1, -0.05) is 74.3 Å². The van der Waals surface area contributed by atoms with Crippen LogP contribution >= 0.6 is 23.2 Å². The van der Waals surface area contributed by atoms with Crippen molar-refractivity contribution in [2.45, 2.75) is 32.8 Å². The molecule has 0 saturated heterocycles. The van der Waals surface area contributed by atoms with E-state index in [1.807, 2.05) is 51.1 Å². The van der Waals surface area contributed by atoms with Gasteiger partial charge in [0.25, 0.3) is 5.91 Å². The maximum absolute atomic E-state index is 13.0. The minimum absolute atomic E-state index is 0.218. The fraction of sp³-hybridized carbons (Fsp3) is 0.259. The maximum atomic E-state index is 13.0. The van der Waals surface area contributed by atoms with Crippen molar-refractivity contribution in [2.24, 2.45) is 5.41 Å². The van der Waals surface area contributed by atoms with Crippen LogP contribution in [0.15, 0.2) is 78.9 Å². The molecule has 0 aliphatic carbocycles. The summed E-state index contributed by atoms with van der Waals surface area (Å²) in [6.45, 7) is 6.35. The van der Waals surface area contributed by atoms with Crippen molar-refractivity contribution in [1.82, 2.24) is 5.32 Å². The molecule has 0 aliphatic heterocycles. The summed E-state index contributed by atoms with van der Waals surface area (Å²) in [6, 6.07) is 23.1. The van der Waals surface area contributed by atoms with E-state index in [4.69, 9.17) is 27.9 Å². The number of benzene rings is 3. The summed E-state index contributed by atoms with van der Waals surface area (Å²) in [4.78, 5) is 25.7. The molecule has 3 aromatic carbocycles. The summed E-state index contributed by atoms with van der Waals surface area (Å²) in [6.07, 6.45) is -0.506. The Hall–Kier alpha value is -2.82. The van der Waals surface area contributed by atoms with Crippen LogP contribution < -0.4 is 5.32 Å². The zero-order chi connectivity index (χ0) is 24.0. The van der Waals surface area contributed by atoms with Gasteiger partial charge >= 0.3 is 5.97 Å². The van der Waals surface area contributed by atoms with E-state index in [0.29, 0.717) is 27.7 Å². The first-order valence-electron chi connectivity index (χ1n) is 10.7. The second-order valence-electron chi connectivity index (χ2n) is 8.93. The Balaban J connectivity index is 1.87. The molecule has 0 saturated carbocycles. The number of hydrogen-bond donors (Lipinski definition) is 1. The minimum atomic E-state index is -0.506. The van der Waals surface area contributed by atoms with Crippen LogP contribution in [0.1, 0.15) is 53.0 Å². The summed E-state index contributed by atoms with van der Waals surface area (Å²) in [7, 11) is 0. The van der Waals surface area contributed by atoms with Gasteiger partial charge in [-0.05, 0) is 59.5 Å². The number of nitrogens with one attached hydrogen (secondary N) is 1. The molecule has 2 unspecified atom stereocenters. The summed E-state index contributed by atoms with van der Waals surface area (Å²) in [5, 5.41) is 4.11. The zero-order valence-corrected chi connectivity index (χ0v) is 20.4. The van der Waals surface area contributed by atoms with Crippen LogP contribution in [0.4, 0.5) is 0 Å². The first-order valence-corrected chi connectivity index (χ1v) is 11.5. The van der Waals surface area contributed by atoms with E-state index in [1.165, 1.54) is 0 Å². The Labute approximate surface area is 204 Å². The molecule has 0 bridgehead atoms. The van der Waals surface area contributed by atoms with Crippen molar-refractivity contribution < 1.29 is 14.3 Å². The molecule has 0 heterocycles. The molecule has 0 aliphatic rings. The normalized spacial score (nSPS) is 13.1. The van der Waals surface area contributed by atoms with Crippen LogP contribution in [0.25, 0.3) is 0 Å². The lowest BCUT2D eigenvalue weighted by molar-refractivity contribution is -0.0141. The monoisotopic (exact) mass is 483 g/mol.